The van der Waals surface area contributed by atoms with E-state index < -0.39 is 5.97 Å². The van der Waals surface area contributed by atoms with E-state index in [9.17, 15) is 0 Å². The average molecular weight is 379 g/mol. The van der Waals surface area contributed by atoms with Crippen LogP contribution in [0.5, 0.6) is 0 Å². The second kappa shape index (κ2) is 15.1. The lowest BCUT2D eigenvalue weighted by Crippen LogP contribution is -2.47. The van der Waals surface area contributed by atoms with Gasteiger partial charge >= 0.3 is 0 Å². The van der Waals surface area contributed by atoms with E-state index in [2.05, 4.69) is 51.1 Å². The molecule has 0 N–H and O–H groups in total. The maximum atomic E-state index is 6.22. The highest BCUT2D eigenvalue weighted by molar-refractivity contribution is 5.15. The van der Waals surface area contributed by atoms with Gasteiger partial charge in [0.1, 0.15) is 0 Å². The maximum absolute atomic E-state index is 6.22. The maximum Gasteiger partial charge on any atom is 0.285 e. The third-order valence-electron chi connectivity index (χ3n) is 5.03. The molecule has 1 rings (SSSR count). The Balaban J connectivity index is 2.84. The van der Waals surface area contributed by atoms with Crippen molar-refractivity contribution in [2.45, 2.75) is 91.0 Å². The molecule has 0 bridgehead atoms. The molecule has 0 saturated carbocycles. The lowest BCUT2D eigenvalue weighted by molar-refractivity contribution is -0.397. The first kappa shape index (κ1) is 24.1. The van der Waals surface area contributed by atoms with Crippen LogP contribution in [-0.2, 0) is 20.6 Å². The van der Waals surface area contributed by atoms with Gasteiger partial charge in [0.15, 0.2) is 0 Å². The summed E-state index contributed by atoms with van der Waals surface area (Å²) in [5.74, 6) is -0.750. The lowest BCUT2D eigenvalue weighted by Gasteiger charge is -2.39. The van der Waals surface area contributed by atoms with Gasteiger partial charge in [0.2, 0.25) is 0 Å². The molecule has 0 fully saturated rings. The van der Waals surface area contributed by atoms with Crippen LogP contribution < -0.4 is 0 Å². The summed E-state index contributed by atoms with van der Waals surface area (Å²) in [6, 6.07) is 10.6. The molecule has 3 nitrogen and oxygen atoms in total. The third kappa shape index (κ3) is 9.23. The highest BCUT2D eigenvalue weighted by atomic mass is 16.9. The van der Waals surface area contributed by atoms with Crippen molar-refractivity contribution >= 4 is 0 Å². The van der Waals surface area contributed by atoms with Crippen molar-refractivity contribution in [1.82, 2.24) is 0 Å². The molecule has 0 amide bonds. The number of benzene rings is 1. The SMILES string of the molecule is CCCCCCCCC(Cc1ccccc1)C(OC)(OCCC)OCCC. The summed E-state index contributed by atoms with van der Waals surface area (Å²) in [6.07, 6.45) is 11.6. The summed E-state index contributed by atoms with van der Waals surface area (Å²) in [7, 11) is 1.73. The predicted octanol–water partition coefficient (Wildman–Crippen LogP) is 6.75. The molecule has 1 aromatic rings. The highest BCUT2D eigenvalue weighted by Crippen LogP contribution is 2.33. The second-order valence-electron chi connectivity index (χ2n) is 7.45. The molecule has 1 unspecified atom stereocenters. The zero-order chi connectivity index (χ0) is 19.8. The normalized spacial score (nSPS) is 13.0. The predicted molar refractivity (Wildman–Crippen MR) is 114 cm³/mol. The Morgan fingerprint density at radius 2 is 1.37 bits per heavy atom. The fourth-order valence-electron chi connectivity index (χ4n) is 3.52. The van der Waals surface area contributed by atoms with E-state index in [0.717, 1.165) is 25.7 Å². The Morgan fingerprint density at radius 3 is 1.93 bits per heavy atom. The van der Waals surface area contributed by atoms with E-state index in [1.165, 1.54) is 44.1 Å². The van der Waals surface area contributed by atoms with Crippen LogP contribution in [0.3, 0.4) is 0 Å². The zero-order valence-electron chi connectivity index (χ0n) is 18.2. The fraction of sp³-hybridized carbons (Fsp3) is 0.750. The smallest absolute Gasteiger partial charge is 0.285 e. The molecule has 0 aliphatic rings. The van der Waals surface area contributed by atoms with Crippen molar-refractivity contribution in [3.8, 4) is 0 Å². The van der Waals surface area contributed by atoms with Gasteiger partial charge in [-0.2, -0.15) is 0 Å². The summed E-state index contributed by atoms with van der Waals surface area (Å²) < 4.78 is 18.4. The molecule has 0 aromatic heterocycles. The quantitative estimate of drug-likeness (QED) is 0.222. The first-order valence-corrected chi connectivity index (χ1v) is 11.1. The first-order chi connectivity index (χ1) is 13.2. The van der Waals surface area contributed by atoms with Crippen LogP contribution in [0.1, 0.15) is 84.1 Å². The Labute approximate surface area is 167 Å². The number of methoxy groups -OCH3 is 1. The van der Waals surface area contributed by atoms with E-state index in [4.69, 9.17) is 14.2 Å². The molecule has 0 aliphatic carbocycles. The van der Waals surface area contributed by atoms with Crippen molar-refractivity contribution in [2.75, 3.05) is 20.3 Å². The average Bonchev–Trinajstić information content (AvgIpc) is 2.71. The van der Waals surface area contributed by atoms with Crippen LogP contribution in [0, 0.1) is 5.92 Å². The minimum Gasteiger partial charge on any atom is -0.331 e. The lowest BCUT2D eigenvalue weighted by atomic mass is 9.90. The molecule has 0 heterocycles. The Bertz CT molecular complexity index is 438. The summed E-state index contributed by atoms with van der Waals surface area (Å²) >= 11 is 0. The van der Waals surface area contributed by atoms with Crippen LogP contribution in [-0.4, -0.2) is 26.3 Å². The van der Waals surface area contributed by atoms with Gasteiger partial charge in [0, 0.05) is 13.0 Å². The van der Waals surface area contributed by atoms with E-state index in [-0.39, 0.29) is 5.92 Å². The minimum atomic E-state index is -0.939. The van der Waals surface area contributed by atoms with E-state index in [1.807, 2.05) is 0 Å². The number of unbranched alkanes of at least 4 members (excludes halogenated alkanes) is 5. The third-order valence-corrected chi connectivity index (χ3v) is 5.03. The monoisotopic (exact) mass is 378 g/mol. The Morgan fingerprint density at radius 1 is 0.778 bits per heavy atom. The van der Waals surface area contributed by atoms with Gasteiger partial charge in [-0.1, -0.05) is 89.6 Å². The molecule has 1 aromatic carbocycles. The van der Waals surface area contributed by atoms with Crippen LogP contribution >= 0.6 is 0 Å². The van der Waals surface area contributed by atoms with Crippen LogP contribution in [0.25, 0.3) is 0 Å². The molecular formula is C24H42O3. The molecule has 0 spiro atoms. The molecule has 0 aliphatic heterocycles. The minimum absolute atomic E-state index is 0.189. The van der Waals surface area contributed by atoms with Gasteiger partial charge in [-0.3, -0.25) is 0 Å². The second-order valence-corrected chi connectivity index (χ2v) is 7.45. The summed E-state index contributed by atoms with van der Waals surface area (Å²) in [5, 5.41) is 0. The summed E-state index contributed by atoms with van der Waals surface area (Å²) in [5.41, 5.74) is 1.31. The molecule has 1 atom stereocenters. The van der Waals surface area contributed by atoms with Crippen molar-refractivity contribution in [3.05, 3.63) is 35.9 Å². The fourth-order valence-corrected chi connectivity index (χ4v) is 3.52. The summed E-state index contributed by atoms with van der Waals surface area (Å²) in [6.45, 7) is 7.82. The molecule has 27 heavy (non-hydrogen) atoms. The van der Waals surface area contributed by atoms with Gasteiger partial charge < -0.3 is 14.2 Å². The van der Waals surface area contributed by atoms with Crippen molar-refractivity contribution in [2.24, 2.45) is 5.92 Å². The van der Waals surface area contributed by atoms with Gasteiger partial charge in [-0.25, -0.2) is 0 Å². The molecule has 0 saturated heterocycles. The zero-order valence-corrected chi connectivity index (χ0v) is 18.2. The first-order valence-electron chi connectivity index (χ1n) is 11.1. The molecule has 3 heteroatoms. The molecular weight excluding hydrogens is 336 g/mol. The van der Waals surface area contributed by atoms with Gasteiger partial charge in [-0.05, 0) is 31.2 Å². The molecule has 156 valence electrons. The van der Waals surface area contributed by atoms with Crippen molar-refractivity contribution in [3.63, 3.8) is 0 Å². The summed E-state index contributed by atoms with van der Waals surface area (Å²) in [4.78, 5) is 0. The highest BCUT2D eigenvalue weighted by Gasteiger charge is 2.41. The standard InChI is InChI=1S/C24H42O3/c1-5-8-9-10-11-15-18-23(21-22-16-13-12-14-17-22)24(25-4,26-19-6-2)27-20-7-3/h12-14,16-17,23H,5-11,15,18-21H2,1-4H3. The van der Waals surface area contributed by atoms with E-state index in [0.29, 0.717) is 13.2 Å². The van der Waals surface area contributed by atoms with Gasteiger partial charge in [-0.15, -0.1) is 0 Å². The van der Waals surface area contributed by atoms with Crippen LogP contribution in [0.15, 0.2) is 30.3 Å². The molecule has 0 radical (unpaired) electrons. The van der Waals surface area contributed by atoms with Crippen molar-refractivity contribution < 1.29 is 14.2 Å². The van der Waals surface area contributed by atoms with Crippen LogP contribution in [0.4, 0.5) is 0 Å². The van der Waals surface area contributed by atoms with Gasteiger partial charge in [0.05, 0.1) is 13.2 Å². The Kier molecular flexibility index (Phi) is 13.5. The Hall–Kier alpha value is -0.900. The number of hydrogen-bond acceptors (Lipinski definition) is 3. The number of ether oxygens (including phenoxy) is 3. The largest absolute Gasteiger partial charge is 0.331 e. The van der Waals surface area contributed by atoms with E-state index in [1.54, 1.807) is 7.11 Å². The van der Waals surface area contributed by atoms with Crippen LogP contribution in [0.2, 0.25) is 0 Å². The topological polar surface area (TPSA) is 27.7 Å². The number of rotatable bonds is 17. The van der Waals surface area contributed by atoms with Crippen molar-refractivity contribution in [1.29, 1.82) is 0 Å². The van der Waals surface area contributed by atoms with E-state index >= 15 is 0 Å². The van der Waals surface area contributed by atoms with Gasteiger partial charge in [0.25, 0.3) is 5.97 Å². The number of hydrogen-bond donors (Lipinski definition) is 0.